The molecule has 1 aromatic heterocycles. The van der Waals surface area contributed by atoms with E-state index in [4.69, 9.17) is 5.11 Å². The number of hydrogen-bond donors (Lipinski definition) is 2. The van der Waals surface area contributed by atoms with Gasteiger partial charge in [-0.1, -0.05) is 18.2 Å². The summed E-state index contributed by atoms with van der Waals surface area (Å²) < 4.78 is 24.9. The minimum absolute atomic E-state index is 0.0422. The lowest BCUT2D eigenvalue weighted by Crippen LogP contribution is -1.87. The van der Waals surface area contributed by atoms with Crippen molar-refractivity contribution in [2.75, 3.05) is 0 Å². The number of aliphatic hydroxyl groups excluding tert-OH is 1. The third-order valence-corrected chi connectivity index (χ3v) is 2.20. The molecule has 0 bridgehead atoms. The summed E-state index contributed by atoms with van der Waals surface area (Å²) >= 11 is 0. The molecule has 0 unspecified atom stereocenters. The van der Waals surface area contributed by atoms with E-state index in [1.807, 2.05) is 0 Å². The zero-order chi connectivity index (χ0) is 11.5. The van der Waals surface area contributed by atoms with Gasteiger partial charge in [-0.25, -0.2) is 13.8 Å². The number of hydrogen-bond acceptors (Lipinski definition) is 2. The molecule has 0 atom stereocenters. The molecule has 0 radical (unpaired) electrons. The fraction of sp³-hybridized carbons (Fsp3) is 0.182. The molecule has 0 amide bonds. The van der Waals surface area contributed by atoms with Crippen LogP contribution >= 0.6 is 0 Å². The number of rotatable bonds is 3. The predicted octanol–water partition coefficient (Wildman–Crippen LogP) is 2.51. The molecule has 0 saturated carbocycles. The van der Waals surface area contributed by atoms with Crippen molar-refractivity contribution in [1.82, 2.24) is 9.97 Å². The minimum atomic E-state index is -2.49. The predicted molar refractivity (Wildman–Crippen MR) is 54.9 cm³/mol. The van der Waals surface area contributed by atoms with E-state index in [0.29, 0.717) is 17.1 Å². The van der Waals surface area contributed by atoms with Gasteiger partial charge in [0.2, 0.25) is 0 Å². The van der Waals surface area contributed by atoms with Gasteiger partial charge in [0.05, 0.1) is 12.3 Å². The van der Waals surface area contributed by atoms with Crippen molar-refractivity contribution in [3.63, 3.8) is 0 Å². The van der Waals surface area contributed by atoms with Gasteiger partial charge in [-0.05, 0) is 6.07 Å². The number of aromatic nitrogens is 2. The molecule has 1 aromatic carbocycles. The summed E-state index contributed by atoms with van der Waals surface area (Å²) in [4.78, 5) is 6.87. The monoisotopic (exact) mass is 224 g/mol. The van der Waals surface area contributed by atoms with Crippen LogP contribution in [0.5, 0.6) is 0 Å². The van der Waals surface area contributed by atoms with Gasteiger partial charge in [-0.2, -0.15) is 0 Å². The maximum atomic E-state index is 12.5. The van der Waals surface area contributed by atoms with Crippen molar-refractivity contribution in [3.8, 4) is 11.4 Å². The maximum absolute atomic E-state index is 12.5. The number of alkyl halides is 2. The summed E-state index contributed by atoms with van der Waals surface area (Å²) in [5, 5.41) is 8.84. The number of nitrogens with zero attached hydrogens (tertiary/aromatic N) is 1. The summed E-state index contributed by atoms with van der Waals surface area (Å²) in [6, 6.07) is 5.98. The molecule has 0 spiro atoms. The molecule has 2 N–H and O–H groups in total. The van der Waals surface area contributed by atoms with E-state index < -0.39 is 6.43 Å². The normalized spacial score (nSPS) is 11.0. The molecule has 84 valence electrons. The Labute approximate surface area is 90.8 Å². The van der Waals surface area contributed by atoms with Crippen LogP contribution in [0.2, 0.25) is 0 Å². The smallest absolute Gasteiger partial charge is 0.263 e. The van der Waals surface area contributed by atoms with Crippen molar-refractivity contribution in [2.24, 2.45) is 0 Å². The number of aliphatic hydroxyl groups is 1. The number of halogens is 2. The number of aromatic amines is 1. The van der Waals surface area contributed by atoms with Gasteiger partial charge in [0.15, 0.2) is 0 Å². The topological polar surface area (TPSA) is 48.9 Å². The summed E-state index contributed by atoms with van der Waals surface area (Å²) in [5.74, 6) is 0.478. The largest absolute Gasteiger partial charge is 0.390 e. The molecular weight excluding hydrogens is 214 g/mol. The van der Waals surface area contributed by atoms with E-state index in [2.05, 4.69) is 9.97 Å². The maximum Gasteiger partial charge on any atom is 0.263 e. The van der Waals surface area contributed by atoms with E-state index in [1.54, 1.807) is 18.3 Å². The van der Waals surface area contributed by atoms with Crippen molar-refractivity contribution in [2.45, 2.75) is 13.0 Å². The number of imidazole rings is 1. The molecule has 0 saturated heterocycles. The van der Waals surface area contributed by atoms with Crippen LogP contribution < -0.4 is 0 Å². The second-order valence-electron chi connectivity index (χ2n) is 3.32. The fourth-order valence-electron chi connectivity index (χ4n) is 1.41. The Morgan fingerprint density at radius 1 is 1.38 bits per heavy atom. The van der Waals surface area contributed by atoms with E-state index in [0.717, 1.165) is 0 Å². The van der Waals surface area contributed by atoms with Crippen LogP contribution in [0.3, 0.4) is 0 Å². The van der Waals surface area contributed by atoms with Gasteiger partial charge in [0, 0.05) is 17.3 Å². The average Bonchev–Trinajstić information content (AvgIpc) is 2.77. The minimum Gasteiger partial charge on any atom is -0.390 e. The first-order valence-electron chi connectivity index (χ1n) is 4.74. The van der Waals surface area contributed by atoms with Crippen LogP contribution in [0.4, 0.5) is 8.78 Å². The number of nitrogens with one attached hydrogen (secondary N) is 1. The highest BCUT2D eigenvalue weighted by Crippen LogP contribution is 2.23. The Hall–Kier alpha value is -1.75. The molecule has 5 heteroatoms. The molecule has 1 heterocycles. The zero-order valence-electron chi connectivity index (χ0n) is 8.32. The lowest BCUT2D eigenvalue weighted by atomic mass is 10.1. The van der Waals surface area contributed by atoms with Gasteiger partial charge < -0.3 is 10.1 Å². The molecule has 2 rings (SSSR count). The summed E-state index contributed by atoms with van der Waals surface area (Å²) in [5.41, 5.74) is 1.02. The van der Waals surface area contributed by atoms with Gasteiger partial charge >= 0.3 is 0 Å². The molecule has 0 aliphatic heterocycles. The second kappa shape index (κ2) is 4.40. The van der Waals surface area contributed by atoms with E-state index in [1.165, 1.54) is 12.1 Å². The van der Waals surface area contributed by atoms with Crippen LogP contribution in [-0.4, -0.2) is 15.1 Å². The zero-order valence-corrected chi connectivity index (χ0v) is 8.32. The fourth-order valence-corrected chi connectivity index (χ4v) is 1.41. The van der Waals surface area contributed by atoms with Gasteiger partial charge in [-0.3, -0.25) is 0 Å². The first kappa shape index (κ1) is 10.8. The number of benzene rings is 1. The van der Waals surface area contributed by atoms with Crippen LogP contribution in [-0.2, 0) is 6.61 Å². The molecule has 0 fully saturated rings. The Morgan fingerprint density at radius 2 is 2.19 bits per heavy atom. The quantitative estimate of drug-likeness (QED) is 0.841. The summed E-state index contributed by atoms with van der Waals surface area (Å²) in [6.45, 7) is -0.176. The van der Waals surface area contributed by atoms with E-state index >= 15 is 0 Å². The Kier molecular flexibility index (Phi) is 2.96. The van der Waals surface area contributed by atoms with Crippen LogP contribution in [0, 0.1) is 0 Å². The molecule has 16 heavy (non-hydrogen) atoms. The Bertz CT molecular complexity index is 482. The molecule has 2 aromatic rings. The Balaban J connectivity index is 2.36. The molecule has 0 aliphatic rings. The average molecular weight is 224 g/mol. The molecular formula is C11H10F2N2O. The first-order chi connectivity index (χ1) is 7.70. The lowest BCUT2D eigenvalue weighted by Gasteiger charge is -2.01. The van der Waals surface area contributed by atoms with Crippen molar-refractivity contribution < 1.29 is 13.9 Å². The molecule has 3 nitrogen and oxygen atoms in total. The molecule has 0 aliphatic carbocycles. The highest BCUT2D eigenvalue weighted by atomic mass is 19.3. The SMILES string of the molecule is OCc1c[nH]c(-c2cccc(C(F)F)c2)n1. The number of H-pyrrole nitrogens is 1. The Morgan fingerprint density at radius 3 is 2.81 bits per heavy atom. The third-order valence-electron chi connectivity index (χ3n) is 2.20. The highest BCUT2D eigenvalue weighted by Gasteiger charge is 2.09. The first-order valence-corrected chi connectivity index (χ1v) is 4.74. The van der Waals surface area contributed by atoms with Crippen molar-refractivity contribution in [3.05, 3.63) is 41.7 Å². The lowest BCUT2D eigenvalue weighted by molar-refractivity contribution is 0.151. The van der Waals surface area contributed by atoms with Crippen LogP contribution in [0.25, 0.3) is 11.4 Å². The van der Waals surface area contributed by atoms with Crippen LogP contribution in [0.15, 0.2) is 30.5 Å². The third kappa shape index (κ3) is 2.09. The summed E-state index contributed by atoms with van der Waals surface area (Å²) in [6.07, 6.45) is -0.947. The highest BCUT2D eigenvalue weighted by molar-refractivity contribution is 5.56. The van der Waals surface area contributed by atoms with Gasteiger partial charge in [0.25, 0.3) is 6.43 Å². The van der Waals surface area contributed by atoms with E-state index in [-0.39, 0.29) is 12.2 Å². The van der Waals surface area contributed by atoms with Gasteiger partial charge in [-0.15, -0.1) is 0 Å². The standard InChI is InChI=1S/C11H10F2N2O/c12-10(13)7-2-1-3-8(4-7)11-14-5-9(6-16)15-11/h1-5,10,16H,6H2,(H,14,15). The van der Waals surface area contributed by atoms with E-state index in [9.17, 15) is 8.78 Å². The van der Waals surface area contributed by atoms with Crippen molar-refractivity contribution >= 4 is 0 Å². The van der Waals surface area contributed by atoms with Gasteiger partial charge in [0.1, 0.15) is 5.82 Å². The second-order valence-corrected chi connectivity index (χ2v) is 3.32. The van der Waals surface area contributed by atoms with Crippen molar-refractivity contribution in [1.29, 1.82) is 0 Å². The van der Waals surface area contributed by atoms with Crippen LogP contribution in [0.1, 0.15) is 17.7 Å². The summed E-state index contributed by atoms with van der Waals surface area (Å²) in [7, 11) is 0.